The van der Waals surface area contributed by atoms with Crippen LogP contribution in [-0.4, -0.2) is 23.9 Å². The van der Waals surface area contributed by atoms with Crippen molar-refractivity contribution in [3.8, 4) is 0 Å². The zero-order valence-electron chi connectivity index (χ0n) is 10.7. The first-order valence-corrected chi connectivity index (χ1v) is 5.33. The van der Waals surface area contributed by atoms with E-state index in [0.29, 0.717) is 0 Å². The van der Waals surface area contributed by atoms with Crippen LogP contribution in [0.1, 0.15) is 20.8 Å². The van der Waals surface area contributed by atoms with Crippen LogP contribution in [0.25, 0.3) is 0 Å². The molecule has 0 rings (SSSR count). The van der Waals surface area contributed by atoms with Crippen LogP contribution in [0.4, 0.5) is 0 Å². The number of hydrogen-bond acceptors (Lipinski definition) is 1. The summed E-state index contributed by atoms with van der Waals surface area (Å²) in [6, 6.07) is 0.0334. The number of hydrogen-bond donors (Lipinski definition) is 0. The van der Waals surface area contributed by atoms with Gasteiger partial charge in [-0.15, -0.1) is 0 Å². The summed E-state index contributed by atoms with van der Waals surface area (Å²) in [7, 11) is 1.77. The second-order valence-electron chi connectivity index (χ2n) is 3.80. The molecule has 0 aromatic carbocycles. The molecule has 16 heavy (non-hydrogen) atoms. The van der Waals surface area contributed by atoms with E-state index < -0.39 is 0 Å². The molecule has 0 saturated heterocycles. The molecular weight excluding hydrogens is 198 g/mol. The third-order valence-corrected chi connectivity index (χ3v) is 2.48. The van der Waals surface area contributed by atoms with Crippen molar-refractivity contribution in [3.05, 3.63) is 48.6 Å². The van der Waals surface area contributed by atoms with E-state index in [9.17, 15) is 4.79 Å². The van der Waals surface area contributed by atoms with E-state index in [1.54, 1.807) is 11.9 Å². The molecule has 1 unspecified atom stereocenters. The van der Waals surface area contributed by atoms with E-state index in [4.69, 9.17) is 0 Å². The van der Waals surface area contributed by atoms with Crippen molar-refractivity contribution in [1.82, 2.24) is 4.90 Å². The predicted molar refractivity (Wildman–Crippen MR) is 70.1 cm³/mol. The number of allylic oxidation sites excluding steroid dienone is 3. The van der Waals surface area contributed by atoms with Crippen molar-refractivity contribution in [2.75, 3.05) is 7.05 Å². The van der Waals surface area contributed by atoms with Crippen molar-refractivity contribution in [2.24, 2.45) is 0 Å². The lowest BCUT2D eigenvalue weighted by Crippen LogP contribution is -2.34. The Hall–Kier alpha value is -1.57. The highest BCUT2D eigenvalue weighted by Crippen LogP contribution is 2.12. The highest BCUT2D eigenvalue weighted by molar-refractivity contribution is 5.87. The smallest absolute Gasteiger partial charge is 0.246 e. The number of carbonyl (C=O) groups is 1. The van der Waals surface area contributed by atoms with Gasteiger partial charge in [0.05, 0.1) is 6.04 Å². The van der Waals surface area contributed by atoms with Gasteiger partial charge in [0.1, 0.15) is 0 Å². The maximum absolute atomic E-state index is 11.5. The van der Waals surface area contributed by atoms with Gasteiger partial charge in [0, 0.05) is 7.05 Å². The summed E-state index contributed by atoms with van der Waals surface area (Å²) in [4.78, 5) is 13.1. The van der Waals surface area contributed by atoms with Crippen LogP contribution in [-0.2, 0) is 4.79 Å². The summed E-state index contributed by atoms with van der Waals surface area (Å²) < 4.78 is 0. The Morgan fingerprint density at radius 3 is 2.31 bits per heavy atom. The molecule has 0 heterocycles. The zero-order valence-corrected chi connectivity index (χ0v) is 10.7. The molecule has 2 heteroatoms. The average molecular weight is 219 g/mol. The molecule has 0 bridgehead atoms. The van der Waals surface area contributed by atoms with Crippen LogP contribution < -0.4 is 0 Å². The Balaban J connectivity index is 4.79. The molecule has 1 atom stereocenters. The molecule has 0 N–H and O–H groups in total. The summed E-state index contributed by atoms with van der Waals surface area (Å²) in [6.45, 7) is 13.2. The highest BCUT2D eigenvalue weighted by atomic mass is 16.2. The summed E-state index contributed by atoms with van der Waals surface area (Å²) in [5.41, 5.74) is 2.07. The molecule has 2 nitrogen and oxygen atoms in total. The third kappa shape index (κ3) is 4.30. The largest absolute Gasteiger partial charge is 0.335 e. The van der Waals surface area contributed by atoms with Gasteiger partial charge >= 0.3 is 0 Å². The fourth-order valence-electron chi connectivity index (χ4n) is 1.27. The lowest BCUT2D eigenvalue weighted by Gasteiger charge is -2.24. The van der Waals surface area contributed by atoms with E-state index in [1.807, 2.05) is 39.0 Å². The quantitative estimate of drug-likeness (QED) is 0.514. The number of rotatable bonds is 5. The second-order valence-corrected chi connectivity index (χ2v) is 3.80. The van der Waals surface area contributed by atoms with Gasteiger partial charge in [-0.05, 0) is 32.4 Å². The lowest BCUT2D eigenvalue weighted by atomic mass is 10.1. The normalized spacial score (nSPS) is 13.6. The molecule has 0 aliphatic carbocycles. The second kappa shape index (κ2) is 6.83. The van der Waals surface area contributed by atoms with E-state index in [-0.39, 0.29) is 11.9 Å². The topological polar surface area (TPSA) is 20.3 Å². The first-order chi connectivity index (χ1) is 7.43. The van der Waals surface area contributed by atoms with Crippen molar-refractivity contribution in [1.29, 1.82) is 0 Å². The Bertz CT molecular complexity index is 337. The molecule has 0 aliphatic heterocycles. The highest BCUT2D eigenvalue weighted by Gasteiger charge is 2.14. The summed E-state index contributed by atoms with van der Waals surface area (Å²) in [5.74, 6) is -0.0735. The standard InChI is InChI=1S/C14H21NO/c1-7-13(10-9-11(3)4)12(5)15(6)14(16)8-2/h7-10,12H,2-3H2,1,4-6H3/b10-9-,13-7+. The minimum atomic E-state index is -0.0735. The van der Waals surface area contributed by atoms with Crippen LogP contribution in [0.5, 0.6) is 0 Å². The van der Waals surface area contributed by atoms with Gasteiger partial charge in [0.2, 0.25) is 5.91 Å². The molecule has 0 aromatic heterocycles. The van der Waals surface area contributed by atoms with Crippen LogP contribution >= 0.6 is 0 Å². The van der Waals surface area contributed by atoms with E-state index in [0.717, 1.165) is 11.1 Å². The van der Waals surface area contributed by atoms with Crippen LogP contribution in [0.15, 0.2) is 48.6 Å². The van der Waals surface area contributed by atoms with E-state index >= 15 is 0 Å². The number of carbonyl (C=O) groups excluding carboxylic acids is 1. The maximum Gasteiger partial charge on any atom is 0.246 e. The van der Waals surface area contributed by atoms with Gasteiger partial charge in [-0.2, -0.15) is 0 Å². The minimum absolute atomic E-state index is 0.0334. The zero-order chi connectivity index (χ0) is 12.7. The number of likely N-dealkylation sites (N-methyl/N-ethyl adjacent to an activating group) is 1. The first-order valence-electron chi connectivity index (χ1n) is 5.33. The van der Waals surface area contributed by atoms with Crippen LogP contribution in [0, 0.1) is 0 Å². The molecule has 0 aliphatic rings. The Labute approximate surface area is 98.6 Å². The monoisotopic (exact) mass is 219 g/mol. The van der Waals surface area contributed by atoms with Gasteiger partial charge in [0.15, 0.2) is 0 Å². The molecule has 0 radical (unpaired) electrons. The lowest BCUT2D eigenvalue weighted by molar-refractivity contribution is -0.125. The van der Waals surface area contributed by atoms with Gasteiger partial charge in [-0.25, -0.2) is 0 Å². The van der Waals surface area contributed by atoms with Gasteiger partial charge < -0.3 is 4.90 Å². The van der Waals surface area contributed by atoms with Crippen molar-refractivity contribution in [3.63, 3.8) is 0 Å². The summed E-state index contributed by atoms with van der Waals surface area (Å²) in [6.07, 6.45) is 7.25. The van der Waals surface area contributed by atoms with Gasteiger partial charge in [-0.1, -0.05) is 37.0 Å². The van der Waals surface area contributed by atoms with Crippen LogP contribution in [0.2, 0.25) is 0 Å². The maximum atomic E-state index is 11.5. The SMILES string of the molecule is C=CC(=O)N(C)C(C)C(/C=C\C(=C)C)=C/C. The van der Waals surface area contributed by atoms with Crippen LogP contribution in [0.3, 0.4) is 0 Å². The van der Waals surface area contributed by atoms with Crippen molar-refractivity contribution in [2.45, 2.75) is 26.8 Å². The molecule has 88 valence electrons. The molecule has 0 saturated carbocycles. The van der Waals surface area contributed by atoms with E-state index in [2.05, 4.69) is 13.2 Å². The molecule has 0 spiro atoms. The summed E-state index contributed by atoms with van der Waals surface area (Å²) >= 11 is 0. The molecule has 1 amide bonds. The molecule has 0 aromatic rings. The average Bonchev–Trinajstić information content (AvgIpc) is 2.27. The minimum Gasteiger partial charge on any atom is -0.335 e. The van der Waals surface area contributed by atoms with Gasteiger partial charge in [0.25, 0.3) is 0 Å². The Kier molecular flexibility index (Phi) is 6.16. The Morgan fingerprint density at radius 1 is 1.38 bits per heavy atom. The van der Waals surface area contributed by atoms with Crippen molar-refractivity contribution >= 4 is 5.91 Å². The number of amides is 1. The fourth-order valence-corrected chi connectivity index (χ4v) is 1.27. The number of nitrogens with zero attached hydrogens (tertiary/aromatic N) is 1. The fraction of sp³-hybridized carbons (Fsp3) is 0.357. The molecule has 0 fully saturated rings. The van der Waals surface area contributed by atoms with Crippen molar-refractivity contribution < 1.29 is 4.79 Å². The first kappa shape index (κ1) is 14.4. The predicted octanol–water partition coefficient (Wildman–Crippen LogP) is 3.10. The Morgan fingerprint density at radius 2 is 1.94 bits per heavy atom. The third-order valence-electron chi connectivity index (χ3n) is 2.48. The van der Waals surface area contributed by atoms with Gasteiger partial charge in [-0.3, -0.25) is 4.79 Å². The van der Waals surface area contributed by atoms with E-state index in [1.165, 1.54) is 6.08 Å². The molecular formula is C14H21NO. The summed E-state index contributed by atoms with van der Waals surface area (Å²) in [5, 5.41) is 0.